The van der Waals surface area contributed by atoms with Crippen LogP contribution in [0.2, 0.25) is 0 Å². The smallest absolute Gasteiger partial charge is 0.408 e. The highest BCUT2D eigenvalue weighted by Crippen LogP contribution is 2.31. The molecule has 0 spiro atoms. The van der Waals surface area contributed by atoms with E-state index in [0.29, 0.717) is 30.0 Å². The van der Waals surface area contributed by atoms with Crippen LogP contribution in [0.1, 0.15) is 41.8 Å². The molecule has 1 unspecified atom stereocenters. The molecule has 1 aromatic carbocycles. The van der Waals surface area contributed by atoms with Gasteiger partial charge in [-0.05, 0) is 49.6 Å². The number of aryl methyl sites for hydroxylation is 1. The summed E-state index contributed by atoms with van der Waals surface area (Å²) in [6.45, 7) is 4.51. The summed E-state index contributed by atoms with van der Waals surface area (Å²) in [4.78, 5) is 16.2. The van der Waals surface area contributed by atoms with E-state index in [1.54, 1.807) is 6.07 Å². The normalized spacial score (nSPS) is 13.7. The molecule has 0 aliphatic carbocycles. The molecule has 210 valence electrons. The Hall–Kier alpha value is -3.96. The predicted molar refractivity (Wildman–Crippen MR) is 140 cm³/mol. The summed E-state index contributed by atoms with van der Waals surface area (Å²) in [5, 5.41) is 20.1. The zero-order valence-electron chi connectivity index (χ0n) is 21.8. The summed E-state index contributed by atoms with van der Waals surface area (Å²) in [5.74, 6) is -0.208. The lowest BCUT2D eigenvalue weighted by Crippen LogP contribution is -2.22. The number of carboxylic acid groups (broad SMARTS) is 1. The highest BCUT2D eigenvalue weighted by molar-refractivity contribution is 5.68. The lowest BCUT2D eigenvalue weighted by atomic mass is 9.90. The molecule has 1 aliphatic rings. The van der Waals surface area contributed by atoms with Crippen molar-refractivity contribution in [2.75, 3.05) is 36.9 Å². The van der Waals surface area contributed by atoms with Crippen LogP contribution in [0.15, 0.2) is 36.4 Å². The van der Waals surface area contributed by atoms with Crippen molar-refractivity contribution in [2.45, 2.75) is 51.7 Å². The Morgan fingerprint density at radius 3 is 2.67 bits per heavy atom. The molecule has 12 heteroatoms. The number of nitrogens with one attached hydrogen (secondary N) is 2. The molecule has 0 saturated carbocycles. The van der Waals surface area contributed by atoms with E-state index in [-0.39, 0.29) is 25.3 Å². The second kappa shape index (κ2) is 12.3. The van der Waals surface area contributed by atoms with Gasteiger partial charge in [0.25, 0.3) is 0 Å². The molecular weight excluding hydrogens is 515 g/mol. The van der Waals surface area contributed by atoms with Gasteiger partial charge in [0.1, 0.15) is 18.1 Å². The molecule has 3 N–H and O–H groups in total. The minimum Gasteiger partial charge on any atom is -0.494 e. The van der Waals surface area contributed by atoms with Crippen LogP contribution in [0.25, 0.3) is 0 Å². The number of fused-ring (bicyclic) bond motifs is 1. The number of rotatable bonds is 12. The van der Waals surface area contributed by atoms with Crippen LogP contribution in [0.5, 0.6) is 11.6 Å². The highest BCUT2D eigenvalue weighted by Gasteiger charge is 2.31. The van der Waals surface area contributed by atoms with Gasteiger partial charge in [-0.2, -0.15) is 18.3 Å². The maximum absolute atomic E-state index is 13.3. The Morgan fingerprint density at radius 1 is 1.13 bits per heavy atom. The number of pyridine rings is 1. The van der Waals surface area contributed by atoms with Crippen molar-refractivity contribution in [1.29, 1.82) is 0 Å². The lowest BCUT2D eigenvalue weighted by Gasteiger charge is -2.19. The van der Waals surface area contributed by atoms with Crippen LogP contribution in [0.4, 0.5) is 24.7 Å². The van der Waals surface area contributed by atoms with Crippen LogP contribution in [0.3, 0.4) is 0 Å². The second-order valence-corrected chi connectivity index (χ2v) is 9.35. The number of aliphatic carboxylic acids is 1. The summed E-state index contributed by atoms with van der Waals surface area (Å²) in [6, 6.07) is 10.6. The molecule has 1 aliphatic heterocycles. The molecule has 9 nitrogen and oxygen atoms in total. The molecule has 2 aromatic heterocycles. The van der Waals surface area contributed by atoms with Gasteiger partial charge in [0.15, 0.2) is 0 Å². The third kappa shape index (κ3) is 7.78. The SMILES string of the molecule is CCOc1cc(C(CC(=O)O)Cc2cc(OCCc3ccc4c(n3)NCCN4)n(CC(F)(F)F)n2)ccc1C. The average molecular weight is 548 g/mol. The van der Waals surface area contributed by atoms with E-state index >= 15 is 0 Å². The number of anilines is 2. The van der Waals surface area contributed by atoms with E-state index in [9.17, 15) is 23.1 Å². The van der Waals surface area contributed by atoms with Crippen molar-refractivity contribution in [1.82, 2.24) is 14.8 Å². The number of ether oxygens (including phenoxy) is 2. The molecule has 0 fully saturated rings. The van der Waals surface area contributed by atoms with E-state index in [1.165, 1.54) is 6.07 Å². The van der Waals surface area contributed by atoms with E-state index in [2.05, 4.69) is 20.7 Å². The van der Waals surface area contributed by atoms with Gasteiger partial charge in [-0.1, -0.05) is 12.1 Å². The fourth-order valence-corrected chi connectivity index (χ4v) is 4.46. The second-order valence-electron chi connectivity index (χ2n) is 9.35. The van der Waals surface area contributed by atoms with E-state index in [1.807, 2.05) is 38.1 Å². The molecule has 3 heterocycles. The minimum atomic E-state index is -4.51. The molecule has 0 amide bonds. The van der Waals surface area contributed by atoms with Crippen molar-refractivity contribution in [2.24, 2.45) is 0 Å². The average Bonchev–Trinajstić information content (AvgIpc) is 3.24. The monoisotopic (exact) mass is 547 g/mol. The number of nitrogens with zero attached hydrogens (tertiary/aromatic N) is 3. The molecule has 3 aromatic rings. The fourth-order valence-electron chi connectivity index (χ4n) is 4.46. The van der Waals surface area contributed by atoms with Crippen LogP contribution < -0.4 is 20.1 Å². The Balaban J connectivity index is 1.51. The van der Waals surface area contributed by atoms with Gasteiger partial charge in [0.2, 0.25) is 5.88 Å². The third-order valence-corrected chi connectivity index (χ3v) is 6.28. The van der Waals surface area contributed by atoms with Gasteiger partial charge in [-0.3, -0.25) is 4.79 Å². The van der Waals surface area contributed by atoms with Gasteiger partial charge < -0.3 is 25.2 Å². The van der Waals surface area contributed by atoms with E-state index in [0.717, 1.165) is 40.5 Å². The van der Waals surface area contributed by atoms with Crippen LogP contribution >= 0.6 is 0 Å². The van der Waals surface area contributed by atoms with Crippen LogP contribution in [0, 0.1) is 6.92 Å². The number of alkyl halides is 3. The lowest BCUT2D eigenvalue weighted by molar-refractivity contribution is -0.143. The molecule has 0 saturated heterocycles. The Morgan fingerprint density at radius 2 is 1.92 bits per heavy atom. The van der Waals surface area contributed by atoms with Gasteiger partial charge in [0, 0.05) is 37.2 Å². The van der Waals surface area contributed by atoms with E-state index in [4.69, 9.17) is 9.47 Å². The summed E-state index contributed by atoms with van der Waals surface area (Å²) in [7, 11) is 0. The highest BCUT2D eigenvalue weighted by atomic mass is 19.4. The number of benzene rings is 1. The molecule has 0 bridgehead atoms. The largest absolute Gasteiger partial charge is 0.494 e. The number of halogens is 3. The van der Waals surface area contributed by atoms with Crippen molar-refractivity contribution < 1.29 is 32.5 Å². The van der Waals surface area contributed by atoms with Crippen molar-refractivity contribution in [3.8, 4) is 11.6 Å². The number of aromatic nitrogens is 3. The standard InChI is InChI=1S/C27H32F3N5O4/c1-3-38-23-13-18(5-4-17(23)2)19(14-25(36)37)12-21-15-24(35(34-21)16-27(28,29)30)39-11-8-20-6-7-22-26(33-20)32-10-9-31-22/h4-7,13,15,19,31H,3,8-12,14,16H2,1-2H3,(H,32,33)(H,36,37). The molecular formula is C27H32F3N5O4. The van der Waals surface area contributed by atoms with Gasteiger partial charge in [-0.15, -0.1) is 0 Å². The van der Waals surface area contributed by atoms with Crippen molar-refractivity contribution >= 4 is 17.5 Å². The zero-order chi connectivity index (χ0) is 28.0. The molecule has 4 rings (SSSR count). The number of hydrogen-bond acceptors (Lipinski definition) is 7. The zero-order valence-corrected chi connectivity index (χ0v) is 21.8. The Labute approximate surface area is 224 Å². The molecule has 0 radical (unpaired) electrons. The van der Waals surface area contributed by atoms with Crippen molar-refractivity contribution in [3.63, 3.8) is 0 Å². The van der Waals surface area contributed by atoms with Crippen LogP contribution in [-0.2, 0) is 24.2 Å². The maximum Gasteiger partial charge on any atom is 0.408 e. The molecule has 1 atom stereocenters. The first-order chi connectivity index (χ1) is 18.6. The first-order valence-electron chi connectivity index (χ1n) is 12.8. The van der Waals surface area contributed by atoms with Crippen LogP contribution in [-0.4, -0.2) is 58.3 Å². The summed E-state index contributed by atoms with van der Waals surface area (Å²) in [6.07, 6.45) is -4.23. The first-order valence-corrected chi connectivity index (χ1v) is 12.8. The van der Waals surface area contributed by atoms with E-state index < -0.39 is 24.6 Å². The topological polar surface area (TPSA) is 111 Å². The predicted octanol–water partition coefficient (Wildman–Crippen LogP) is 4.81. The maximum atomic E-state index is 13.3. The summed E-state index contributed by atoms with van der Waals surface area (Å²) in [5.41, 5.74) is 3.55. The van der Waals surface area contributed by atoms with Crippen molar-refractivity contribution in [3.05, 3.63) is 58.9 Å². The van der Waals surface area contributed by atoms with Gasteiger partial charge >= 0.3 is 12.1 Å². The first kappa shape index (κ1) is 28.1. The number of carboxylic acids is 1. The quantitative estimate of drug-likeness (QED) is 0.297. The number of carbonyl (C=O) groups is 1. The summed E-state index contributed by atoms with van der Waals surface area (Å²) >= 11 is 0. The Kier molecular flexibility index (Phi) is 8.82. The Bertz CT molecular complexity index is 1290. The number of hydrogen-bond donors (Lipinski definition) is 3. The molecule has 39 heavy (non-hydrogen) atoms. The fraction of sp³-hybridized carbons (Fsp3) is 0.444. The third-order valence-electron chi connectivity index (χ3n) is 6.28. The summed E-state index contributed by atoms with van der Waals surface area (Å²) < 4.78 is 52.1. The van der Waals surface area contributed by atoms with Gasteiger partial charge in [-0.25, -0.2) is 9.67 Å². The van der Waals surface area contributed by atoms with Gasteiger partial charge in [0.05, 0.1) is 31.0 Å². The minimum absolute atomic E-state index is 0.0342.